The highest BCUT2D eigenvalue weighted by Gasteiger charge is 2.22. The lowest BCUT2D eigenvalue weighted by Crippen LogP contribution is -2.30. The molecule has 16 heavy (non-hydrogen) atoms. The van der Waals surface area contributed by atoms with Crippen molar-refractivity contribution in [1.29, 1.82) is 0 Å². The maximum Gasteiger partial charge on any atom is 0.213 e. The average Bonchev–Trinajstić information content (AvgIpc) is 2.99. The largest absolute Gasteiger partial charge is 0.343 e. The second kappa shape index (κ2) is 4.97. The highest BCUT2D eigenvalue weighted by molar-refractivity contribution is 5.85. The van der Waals surface area contributed by atoms with E-state index in [1.54, 1.807) is 11.1 Å². The van der Waals surface area contributed by atoms with Crippen LogP contribution in [-0.4, -0.2) is 28.1 Å². The first kappa shape index (κ1) is 11.6. The Bertz CT molecular complexity index is 359. The first-order chi connectivity index (χ1) is 7.42. The van der Waals surface area contributed by atoms with E-state index in [-0.39, 0.29) is 12.4 Å². The summed E-state index contributed by atoms with van der Waals surface area (Å²) in [6.45, 7) is 3.12. The summed E-state index contributed by atoms with van der Waals surface area (Å²) in [5.41, 5.74) is 3.45. The van der Waals surface area contributed by atoms with Gasteiger partial charge in [0.05, 0.1) is 6.54 Å². The third kappa shape index (κ3) is 2.62. The van der Waals surface area contributed by atoms with Crippen molar-refractivity contribution in [2.24, 2.45) is 0 Å². The van der Waals surface area contributed by atoms with Crippen LogP contribution in [0.3, 0.4) is 0 Å². The number of nitrogens with zero attached hydrogens (tertiary/aromatic N) is 3. The molecular formula is C11H16ClN3O. The summed E-state index contributed by atoms with van der Waals surface area (Å²) in [6.07, 6.45) is 6.61. The van der Waals surface area contributed by atoms with Crippen molar-refractivity contribution in [2.45, 2.75) is 32.2 Å². The summed E-state index contributed by atoms with van der Waals surface area (Å²) < 4.78 is 4.73. The molecule has 0 aromatic carbocycles. The van der Waals surface area contributed by atoms with E-state index in [9.17, 15) is 0 Å². The first-order valence-corrected chi connectivity index (χ1v) is 5.59. The lowest BCUT2D eigenvalue weighted by atomic mass is 10.0. The predicted octanol–water partition coefficient (Wildman–Crippen LogP) is 2.18. The molecule has 2 fully saturated rings. The van der Waals surface area contributed by atoms with Crippen LogP contribution >= 0.6 is 12.4 Å². The minimum Gasteiger partial charge on any atom is -0.343 e. The molecule has 0 bridgehead atoms. The van der Waals surface area contributed by atoms with Gasteiger partial charge in [0.15, 0.2) is 5.82 Å². The highest BCUT2D eigenvalue weighted by atomic mass is 35.5. The van der Waals surface area contributed by atoms with Crippen molar-refractivity contribution >= 4 is 12.4 Å². The van der Waals surface area contributed by atoms with E-state index in [1.807, 2.05) is 0 Å². The predicted molar refractivity (Wildman–Crippen MR) is 62.3 cm³/mol. The van der Waals surface area contributed by atoms with Crippen LogP contribution in [0.15, 0.2) is 22.1 Å². The topological polar surface area (TPSA) is 42.2 Å². The molecule has 1 saturated heterocycles. The van der Waals surface area contributed by atoms with Crippen LogP contribution in [0.5, 0.6) is 0 Å². The minimum absolute atomic E-state index is 0. The van der Waals surface area contributed by atoms with Gasteiger partial charge in [0.1, 0.15) is 0 Å². The molecule has 2 aliphatic rings. The molecule has 1 aliphatic heterocycles. The van der Waals surface area contributed by atoms with Gasteiger partial charge < -0.3 is 4.52 Å². The molecule has 2 heterocycles. The summed E-state index contributed by atoms with van der Waals surface area (Å²) in [5.74, 6) is 0.803. The van der Waals surface area contributed by atoms with Crippen LogP contribution in [0.2, 0.25) is 0 Å². The number of halogens is 1. The van der Waals surface area contributed by atoms with E-state index in [2.05, 4.69) is 15.0 Å². The fourth-order valence-corrected chi connectivity index (χ4v) is 2.21. The van der Waals surface area contributed by atoms with Crippen molar-refractivity contribution < 1.29 is 4.52 Å². The highest BCUT2D eigenvalue weighted by Crippen LogP contribution is 2.36. The molecule has 0 N–H and O–H groups in total. The molecule has 0 amide bonds. The van der Waals surface area contributed by atoms with Crippen molar-refractivity contribution in [3.8, 4) is 0 Å². The van der Waals surface area contributed by atoms with Crippen molar-refractivity contribution in [3.05, 3.63) is 23.4 Å². The van der Waals surface area contributed by atoms with Gasteiger partial charge in [-0.25, -0.2) is 0 Å². The van der Waals surface area contributed by atoms with E-state index in [4.69, 9.17) is 4.52 Å². The average molecular weight is 242 g/mol. The Kier molecular flexibility index (Phi) is 3.61. The van der Waals surface area contributed by atoms with Crippen molar-refractivity contribution in [3.63, 3.8) is 0 Å². The second-order valence-corrected chi connectivity index (χ2v) is 4.33. The number of piperidine rings is 1. The van der Waals surface area contributed by atoms with Crippen LogP contribution in [0, 0.1) is 0 Å². The minimum atomic E-state index is 0. The molecule has 0 unspecified atom stereocenters. The van der Waals surface area contributed by atoms with Crippen LogP contribution in [0.1, 0.15) is 31.5 Å². The molecule has 1 aliphatic carbocycles. The van der Waals surface area contributed by atoms with E-state index in [0.29, 0.717) is 0 Å². The number of rotatable bonds is 2. The lowest BCUT2D eigenvalue weighted by molar-refractivity contribution is 0.238. The Morgan fingerprint density at radius 3 is 2.38 bits per heavy atom. The van der Waals surface area contributed by atoms with Crippen LogP contribution < -0.4 is 0 Å². The van der Waals surface area contributed by atoms with E-state index in [0.717, 1.165) is 25.5 Å². The summed E-state index contributed by atoms with van der Waals surface area (Å²) in [7, 11) is 0. The Hall–Kier alpha value is -0.870. The summed E-state index contributed by atoms with van der Waals surface area (Å²) in [5, 5.41) is 3.84. The molecule has 1 aromatic rings. The summed E-state index contributed by atoms with van der Waals surface area (Å²) in [6, 6.07) is 0. The van der Waals surface area contributed by atoms with Gasteiger partial charge in [0.2, 0.25) is 6.39 Å². The third-order valence-electron chi connectivity index (χ3n) is 3.23. The molecule has 1 saturated carbocycles. The van der Waals surface area contributed by atoms with Gasteiger partial charge >= 0.3 is 0 Å². The van der Waals surface area contributed by atoms with Crippen LogP contribution in [0.4, 0.5) is 0 Å². The fourth-order valence-electron chi connectivity index (χ4n) is 2.21. The standard InChI is InChI=1S/C11H15N3O.ClH/c1-2-9(1)10-3-5-14(6-4-10)7-11-12-8-15-13-11;/h8H,1-7H2;1H. The van der Waals surface area contributed by atoms with Gasteiger partial charge in [-0.3, -0.25) is 4.90 Å². The van der Waals surface area contributed by atoms with Crippen molar-refractivity contribution in [1.82, 2.24) is 15.0 Å². The zero-order chi connectivity index (χ0) is 10.1. The Labute approximate surface area is 101 Å². The molecular weight excluding hydrogens is 226 g/mol. The summed E-state index contributed by atoms with van der Waals surface area (Å²) in [4.78, 5) is 6.45. The monoisotopic (exact) mass is 241 g/mol. The van der Waals surface area contributed by atoms with Crippen molar-refractivity contribution in [2.75, 3.05) is 13.1 Å². The zero-order valence-corrected chi connectivity index (χ0v) is 10.0. The second-order valence-electron chi connectivity index (χ2n) is 4.33. The number of allylic oxidation sites excluding steroid dienone is 1. The number of aromatic nitrogens is 2. The molecule has 0 radical (unpaired) electrons. The molecule has 88 valence electrons. The molecule has 0 atom stereocenters. The third-order valence-corrected chi connectivity index (χ3v) is 3.23. The van der Waals surface area contributed by atoms with Crippen LogP contribution in [0.25, 0.3) is 0 Å². The molecule has 3 rings (SSSR count). The Balaban J connectivity index is 0.000000963. The maximum atomic E-state index is 4.73. The van der Waals surface area contributed by atoms with Gasteiger partial charge in [0, 0.05) is 13.1 Å². The van der Waals surface area contributed by atoms with Gasteiger partial charge in [-0.05, 0) is 25.7 Å². The van der Waals surface area contributed by atoms with Gasteiger partial charge in [0.25, 0.3) is 0 Å². The first-order valence-electron chi connectivity index (χ1n) is 5.59. The van der Waals surface area contributed by atoms with E-state index < -0.39 is 0 Å². The molecule has 0 spiro atoms. The Morgan fingerprint density at radius 1 is 1.12 bits per heavy atom. The van der Waals surface area contributed by atoms with Crippen LogP contribution in [-0.2, 0) is 6.54 Å². The summed E-state index contributed by atoms with van der Waals surface area (Å²) >= 11 is 0. The van der Waals surface area contributed by atoms with E-state index in [1.165, 1.54) is 32.1 Å². The van der Waals surface area contributed by atoms with E-state index >= 15 is 0 Å². The fraction of sp³-hybridized carbons (Fsp3) is 0.636. The van der Waals surface area contributed by atoms with Gasteiger partial charge in [-0.1, -0.05) is 16.3 Å². The lowest BCUT2D eigenvalue weighted by Gasteiger charge is -2.27. The normalized spacial score (nSPS) is 20.8. The quantitative estimate of drug-likeness (QED) is 0.745. The molecule has 4 nitrogen and oxygen atoms in total. The van der Waals surface area contributed by atoms with Gasteiger partial charge in [-0.15, -0.1) is 12.4 Å². The SMILES string of the molecule is Cl.c1nc(CN2CCC(=C3CC3)CC2)no1. The zero-order valence-electron chi connectivity index (χ0n) is 9.19. The number of hydrogen-bond acceptors (Lipinski definition) is 4. The number of hydrogen-bond donors (Lipinski definition) is 0. The Morgan fingerprint density at radius 2 is 1.81 bits per heavy atom. The molecule has 5 heteroatoms. The number of likely N-dealkylation sites (tertiary alicyclic amines) is 1. The van der Waals surface area contributed by atoms with Gasteiger partial charge in [-0.2, -0.15) is 4.98 Å². The smallest absolute Gasteiger partial charge is 0.213 e. The maximum absolute atomic E-state index is 4.73. The molecule has 1 aromatic heterocycles.